The average molecular weight is 133 g/mol. The van der Waals surface area contributed by atoms with Gasteiger partial charge >= 0.3 is 0 Å². The van der Waals surface area contributed by atoms with Gasteiger partial charge in [-0.3, -0.25) is 0 Å². The first kappa shape index (κ1) is 7.95. The van der Waals surface area contributed by atoms with Gasteiger partial charge in [-0.2, -0.15) is 0 Å². The second kappa shape index (κ2) is 3.07. The lowest BCUT2D eigenvalue weighted by Crippen LogP contribution is -2.10. The summed E-state index contributed by atoms with van der Waals surface area (Å²) >= 11 is 1.10. The molecule has 0 saturated heterocycles. The third-order valence-electron chi connectivity index (χ3n) is 1.14. The molecule has 0 aromatic heterocycles. The molecule has 0 heterocycles. The Hall–Kier alpha value is -0.0500. The summed E-state index contributed by atoms with van der Waals surface area (Å²) in [6.07, 6.45) is 0.976. The summed E-state index contributed by atoms with van der Waals surface area (Å²) in [5.74, 6) is 0. The molecule has 0 spiro atoms. The first-order valence-corrected chi connectivity index (χ1v) is 3.40. The van der Waals surface area contributed by atoms with E-state index in [4.69, 9.17) is 0 Å². The lowest BCUT2D eigenvalue weighted by molar-refractivity contribution is 0.685. The van der Waals surface area contributed by atoms with Gasteiger partial charge in [-0.1, -0.05) is 6.92 Å². The third kappa shape index (κ3) is 3.02. The van der Waals surface area contributed by atoms with Gasteiger partial charge in [0.1, 0.15) is 0 Å². The van der Waals surface area contributed by atoms with Gasteiger partial charge in [0.25, 0.3) is 0 Å². The van der Waals surface area contributed by atoms with Crippen molar-refractivity contribution in [3.63, 3.8) is 0 Å². The largest absolute Gasteiger partial charge is 0.137 e. The Balaban J connectivity index is 3.53. The van der Waals surface area contributed by atoms with Crippen LogP contribution in [0.5, 0.6) is 0 Å². The molecule has 8 heavy (non-hydrogen) atoms. The van der Waals surface area contributed by atoms with E-state index >= 15 is 0 Å². The summed E-state index contributed by atoms with van der Waals surface area (Å²) in [5.41, 5.74) is 0. The highest BCUT2D eigenvalue weighted by molar-refractivity contribution is 7.99. The van der Waals surface area contributed by atoms with Crippen LogP contribution in [-0.4, -0.2) is 4.75 Å². The molecule has 0 unspecified atom stereocenters. The van der Waals surface area contributed by atoms with E-state index in [2.05, 4.69) is 4.58 Å². The molecule has 0 aliphatic carbocycles. The predicted octanol–water partition coefficient (Wildman–Crippen LogP) is 2.59. The molecule has 2 nitrogen and oxygen atoms in total. The molecule has 0 aromatic rings. The molecule has 0 rings (SSSR count). The molecule has 48 valence electrons. The maximum Gasteiger partial charge on any atom is 0.0353 e. The van der Waals surface area contributed by atoms with Crippen LogP contribution >= 0.6 is 11.9 Å². The van der Waals surface area contributed by atoms with Gasteiger partial charge < -0.3 is 0 Å². The Bertz CT molecular complexity index is 82.5. The lowest BCUT2D eigenvalue weighted by atomic mass is 10.1. The Morgan fingerprint density at radius 2 is 2.12 bits per heavy atom. The summed E-state index contributed by atoms with van der Waals surface area (Å²) in [6.45, 7) is 6.04. The zero-order valence-electron chi connectivity index (χ0n) is 5.47. The molecule has 3 heteroatoms. The Morgan fingerprint density at radius 3 is 2.25 bits per heavy atom. The molecule has 0 saturated carbocycles. The zero-order valence-corrected chi connectivity index (χ0v) is 6.29. The van der Waals surface area contributed by atoms with Crippen molar-refractivity contribution in [1.82, 2.24) is 0 Å². The average Bonchev–Trinajstić information content (AvgIpc) is 1.67. The van der Waals surface area contributed by atoms with Crippen LogP contribution in [0.15, 0.2) is 4.58 Å². The van der Waals surface area contributed by atoms with Gasteiger partial charge in [-0.05, 0) is 20.3 Å². The smallest absolute Gasteiger partial charge is 0.0353 e. The minimum absolute atomic E-state index is 0.0295. The van der Waals surface area contributed by atoms with Crippen molar-refractivity contribution >= 4 is 11.9 Å². The van der Waals surface area contributed by atoms with Crippen molar-refractivity contribution in [2.24, 2.45) is 4.58 Å². The fraction of sp³-hybridized carbons (Fsp3) is 1.00. The first-order valence-electron chi connectivity index (χ1n) is 2.63. The highest BCUT2D eigenvalue weighted by atomic mass is 32.2. The molecule has 0 aromatic carbocycles. The normalized spacial score (nSPS) is 11.4. The van der Waals surface area contributed by atoms with E-state index in [0.29, 0.717) is 0 Å². The fourth-order valence-electron chi connectivity index (χ4n) is 0.165. The molecule has 0 radical (unpaired) electrons. The van der Waals surface area contributed by atoms with Gasteiger partial charge in [0, 0.05) is 21.3 Å². The van der Waals surface area contributed by atoms with Crippen molar-refractivity contribution < 1.29 is 0 Å². The Morgan fingerprint density at radius 1 is 1.62 bits per heavy atom. The fourth-order valence-corrected chi connectivity index (χ4v) is 0.496. The van der Waals surface area contributed by atoms with Crippen molar-refractivity contribution in [1.29, 1.82) is 0 Å². The third-order valence-corrected chi connectivity index (χ3v) is 1.99. The molecule has 0 aliphatic rings. The highest BCUT2D eigenvalue weighted by Crippen LogP contribution is 2.27. The van der Waals surface area contributed by atoms with Crippen LogP contribution in [0, 0.1) is 4.91 Å². The molecule has 0 fully saturated rings. The number of nitrogens with zero attached hydrogens (tertiary/aromatic N) is 1. The summed E-state index contributed by atoms with van der Waals surface area (Å²) in [5, 5.41) is 0. The van der Waals surface area contributed by atoms with E-state index in [9.17, 15) is 4.91 Å². The zero-order chi connectivity index (χ0) is 6.62. The van der Waals surface area contributed by atoms with Crippen molar-refractivity contribution in [3.8, 4) is 0 Å². The van der Waals surface area contributed by atoms with Gasteiger partial charge in [0.2, 0.25) is 0 Å². The topological polar surface area (TPSA) is 29.4 Å². The molecule has 0 amide bonds. The second-order valence-electron chi connectivity index (χ2n) is 2.28. The second-order valence-corrected chi connectivity index (χ2v) is 3.72. The number of nitroso groups, excluding NO2 is 1. The molecular weight excluding hydrogens is 122 g/mol. The van der Waals surface area contributed by atoms with Crippen molar-refractivity contribution in [2.75, 3.05) is 0 Å². The molecule has 0 aliphatic heterocycles. The predicted molar refractivity (Wildman–Crippen MR) is 37.8 cm³/mol. The summed E-state index contributed by atoms with van der Waals surface area (Å²) in [7, 11) is 0. The van der Waals surface area contributed by atoms with Crippen LogP contribution in [-0.2, 0) is 0 Å². The standard InChI is InChI=1S/C5H11NOS/c1-4-5(2,3)8-6-7/h4H2,1-3H3. The summed E-state index contributed by atoms with van der Waals surface area (Å²) in [4.78, 5) is 9.69. The molecule has 0 bridgehead atoms. The van der Waals surface area contributed by atoms with Crippen molar-refractivity contribution in [3.05, 3.63) is 4.91 Å². The number of hydrogen-bond acceptors (Lipinski definition) is 3. The lowest BCUT2D eigenvalue weighted by Gasteiger charge is -2.14. The first-order chi connectivity index (χ1) is 3.62. The summed E-state index contributed by atoms with van der Waals surface area (Å²) in [6, 6.07) is 0. The molecular formula is C5H11NOS. The SMILES string of the molecule is CCC(C)(C)SN=O. The number of hydrogen-bond donors (Lipinski definition) is 0. The van der Waals surface area contributed by atoms with E-state index < -0.39 is 0 Å². The van der Waals surface area contributed by atoms with Crippen LogP contribution in [0.4, 0.5) is 0 Å². The van der Waals surface area contributed by atoms with Crippen LogP contribution in [0.25, 0.3) is 0 Å². The van der Waals surface area contributed by atoms with E-state index in [0.717, 1.165) is 18.4 Å². The van der Waals surface area contributed by atoms with Crippen molar-refractivity contribution in [2.45, 2.75) is 31.9 Å². The van der Waals surface area contributed by atoms with Crippen LogP contribution in [0.1, 0.15) is 27.2 Å². The van der Waals surface area contributed by atoms with E-state index in [-0.39, 0.29) is 4.75 Å². The van der Waals surface area contributed by atoms with E-state index in [1.54, 1.807) is 0 Å². The van der Waals surface area contributed by atoms with Gasteiger partial charge in [-0.15, -0.1) is 4.91 Å². The Kier molecular flexibility index (Phi) is 3.05. The molecule has 0 atom stereocenters. The minimum Gasteiger partial charge on any atom is -0.137 e. The van der Waals surface area contributed by atoms with E-state index in [1.807, 2.05) is 20.8 Å². The van der Waals surface area contributed by atoms with Crippen LogP contribution < -0.4 is 0 Å². The quantitative estimate of drug-likeness (QED) is 0.437. The van der Waals surface area contributed by atoms with E-state index in [1.165, 1.54) is 0 Å². The number of rotatable bonds is 3. The molecule has 0 N–H and O–H groups in total. The maximum atomic E-state index is 9.69. The monoisotopic (exact) mass is 133 g/mol. The van der Waals surface area contributed by atoms with Crippen LogP contribution in [0.2, 0.25) is 0 Å². The Labute approximate surface area is 54.2 Å². The van der Waals surface area contributed by atoms with Crippen LogP contribution in [0.3, 0.4) is 0 Å². The highest BCUT2D eigenvalue weighted by Gasteiger charge is 2.15. The summed E-state index contributed by atoms with van der Waals surface area (Å²) < 4.78 is 2.77. The van der Waals surface area contributed by atoms with Gasteiger partial charge in [0.15, 0.2) is 0 Å². The minimum atomic E-state index is 0.0295. The van der Waals surface area contributed by atoms with Gasteiger partial charge in [-0.25, -0.2) is 0 Å². The van der Waals surface area contributed by atoms with Gasteiger partial charge in [0.05, 0.1) is 0 Å². The maximum absolute atomic E-state index is 9.69.